The Kier molecular flexibility index (Phi) is 3.95. The van der Waals surface area contributed by atoms with Gasteiger partial charge in [-0.15, -0.1) is 0 Å². The Balaban J connectivity index is 1.68. The smallest absolute Gasteiger partial charge is 0.166 e. The Labute approximate surface area is 125 Å². The number of carbonyl (C=O) groups excluding carboxylic acids is 1. The molecule has 112 valence electrons. The molecule has 1 fully saturated rings. The van der Waals surface area contributed by atoms with Gasteiger partial charge in [-0.3, -0.25) is 9.48 Å². The maximum absolute atomic E-state index is 12.0. The van der Waals surface area contributed by atoms with E-state index in [1.807, 2.05) is 36.9 Å². The van der Waals surface area contributed by atoms with Gasteiger partial charge < -0.3 is 4.57 Å². The number of hydrogen-bond acceptors (Lipinski definition) is 2. The molecular weight excluding hydrogens is 262 g/mol. The van der Waals surface area contributed by atoms with Crippen LogP contribution in [0.2, 0.25) is 0 Å². The lowest BCUT2D eigenvalue weighted by Crippen LogP contribution is -2.07. The molecule has 0 bridgehead atoms. The van der Waals surface area contributed by atoms with Crippen molar-refractivity contribution in [2.45, 2.75) is 52.1 Å². The van der Waals surface area contributed by atoms with Crippen LogP contribution in [-0.2, 0) is 6.54 Å². The minimum absolute atomic E-state index is 0.0439. The number of Topliss-reactive ketones (excluding diaryl/α,β-unsaturated/α-hetero) is 1. The van der Waals surface area contributed by atoms with Crippen LogP contribution >= 0.6 is 0 Å². The van der Waals surface area contributed by atoms with Crippen LogP contribution in [0.1, 0.15) is 61.6 Å². The molecule has 0 N–H and O–H groups in total. The van der Waals surface area contributed by atoms with Gasteiger partial charge in [-0.05, 0) is 25.0 Å². The molecule has 0 radical (unpaired) electrons. The second-order valence-electron chi connectivity index (χ2n) is 6.32. The topological polar surface area (TPSA) is 39.8 Å². The van der Waals surface area contributed by atoms with E-state index in [-0.39, 0.29) is 11.7 Å². The maximum Gasteiger partial charge on any atom is 0.166 e. The normalized spacial score (nSPS) is 16.0. The first-order valence-electron chi connectivity index (χ1n) is 7.87. The maximum atomic E-state index is 12.0. The summed E-state index contributed by atoms with van der Waals surface area (Å²) in [6, 6.07) is 4.57. The Morgan fingerprint density at radius 1 is 1.29 bits per heavy atom. The van der Waals surface area contributed by atoms with E-state index >= 15 is 0 Å². The molecule has 0 aliphatic heterocycles. The first-order chi connectivity index (χ1) is 10.1. The lowest BCUT2D eigenvalue weighted by Gasteiger charge is -2.08. The van der Waals surface area contributed by atoms with E-state index in [0.29, 0.717) is 6.04 Å². The van der Waals surface area contributed by atoms with Gasteiger partial charge in [0.2, 0.25) is 0 Å². The van der Waals surface area contributed by atoms with E-state index < -0.39 is 0 Å². The van der Waals surface area contributed by atoms with Crippen molar-refractivity contribution >= 4 is 5.78 Å². The van der Waals surface area contributed by atoms with Crippen LogP contribution in [-0.4, -0.2) is 20.1 Å². The average Bonchev–Trinajstić information content (AvgIpc) is 3.19. The van der Waals surface area contributed by atoms with Crippen LogP contribution in [0.3, 0.4) is 0 Å². The lowest BCUT2D eigenvalue weighted by atomic mass is 10.0. The number of aromatic nitrogens is 3. The van der Waals surface area contributed by atoms with Crippen LogP contribution in [0.5, 0.6) is 0 Å². The molecule has 3 rings (SSSR count). The second kappa shape index (κ2) is 5.88. The largest absolute Gasteiger partial charge is 0.348 e. The summed E-state index contributed by atoms with van der Waals surface area (Å²) in [5, 5.41) is 4.69. The van der Waals surface area contributed by atoms with E-state index in [2.05, 4.69) is 22.0 Å². The molecule has 4 nitrogen and oxygen atoms in total. The van der Waals surface area contributed by atoms with Gasteiger partial charge in [0.1, 0.15) is 0 Å². The Morgan fingerprint density at radius 2 is 2.05 bits per heavy atom. The van der Waals surface area contributed by atoms with Gasteiger partial charge >= 0.3 is 0 Å². The van der Waals surface area contributed by atoms with Crippen LogP contribution in [0, 0.1) is 5.92 Å². The van der Waals surface area contributed by atoms with E-state index in [1.54, 1.807) is 0 Å². The third-order valence-corrected chi connectivity index (χ3v) is 4.27. The van der Waals surface area contributed by atoms with E-state index in [0.717, 1.165) is 17.8 Å². The first kappa shape index (κ1) is 14.1. The van der Waals surface area contributed by atoms with Gasteiger partial charge in [-0.25, -0.2) is 0 Å². The number of carbonyl (C=O) groups is 1. The summed E-state index contributed by atoms with van der Waals surface area (Å²) >= 11 is 0. The van der Waals surface area contributed by atoms with Gasteiger partial charge in [0.25, 0.3) is 0 Å². The minimum atomic E-state index is 0.0439. The van der Waals surface area contributed by atoms with E-state index in [4.69, 9.17) is 0 Å². The summed E-state index contributed by atoms with van der Waals surface area (Å²) in [6.07, 6.45) is 11.1. The lowest BCUT2D eigenvalue weighted by molar-refractivity contribution is 0.0939. The third-order valence-electron chi connectivity index (χ3n) is 4.27. The molecule has 0 saturated heterocycles. The number of nitrogens with zero attached hydrogens (tertiary/aromatic N) is 3. The monoisotopic (exact) mass is 285 g/mol. The van der Waals surface area contributed by atoms with Crippen molar-refractivity contribution in [1.82, 2.24) is 14.3 Å². The number of rotatable bonds is 5. The predicted octanol–water partition coefficient (Wildman–Crippen LogP) is 3.69. The van der Waals surface area contributed by atoms with Crippen molar-refractivity contribution in [3.63, 3.8) is 0 Å². The van der Waals surface area contributed by atoms with Gasteiger partial charge in [0, 0.05) is 30.1 Å². The van der Waals surface area contributed by atoms with Crippen LogP contribution in [0.25, 0.3) is 0 Å². The summed E-state index contributed by atoms with van der Waals surface area (Å²) in [5.41, 5.74) is 1.85. The summed E-state index contributed by atoms with van der Waals surface area (Å²) in [6.45, 7) is 4.59. The van der Waals surface area contributed by atoms with E-state index in [9.17, 15) is 4.79 Å². The molecule has 2 aromatic rings. The van der Waals surface area contributed by atoms with Crippen LogP contribution < -0.4 is 0 Å². The summed E-state index contributed by atoms with van der Waals surface area (Å²) < 4.78 is 4.16. The highest BCUT2D eigenvalue weighted by atomic mass is 16.1. The van der Waals surface area contributed by atoms with Gasteiger partial charge in [-0.1, -0.05) is 26.7 Å². The molecule has 0 aromatic carbocycles. The van der Waals surface area contributed by atoms with Crippen molar-refractivity contribution < 1.29 is 4.79 Å². The van der Waals surface area contributed by atoms with Gasteiger partial charge in [-0.2, -0.15) is 5.10 Å². The van der Waals surface area contributed by atoms with Crippen molar-refractivity contribution in [1.29, 1.82) is 0 Å². The van der Waals surface area contributed by atoms with Gasteiger partial charge in [0.05, 0.1) is 18.3 Å². The zero-order valence-electron chi connectivity index (χ0n) is 12.8. The molecule has 0 spiro atoms. The Hall–Kier alpha value is -1.84. The van der Waals surface area contributed by atoms with Crippen LogP contribution in [0.4, 0.5) is 0 Å². The summed E-state index contributed by atoms with van der Waals surface area (Å²) in [4.78, 5) is 12.0. The molecule has 2 heterocycles. The van der Waals surface area contributed by atoms with Crippen molar-refractivity contribution in [2.75, 3.05) is 0 Å². The number of ketones is 1. The standard InChI is InChI=1S/C17H23N3O/c1-13(2)17(21)14-7-9-19(11-14)12-15-8-10-20(18-15)16-5-3-4-6-16/h7-11,13,16H,3-6,12H2,1-2H3. The highest BCUT2D eigenvalue weighted by Gasteiger charge is 2.17. The molecule has 0 amide bonds. The molecule has 1 aliphatic carbocycles. The second-order valence-corrected chi connectivity index (χ2v) is 6.32. The average molecular weight is 285 g/mol. The first-order valence-corrected chi connectivity index (χ1v) is 7.87. The minimum Gasteiger partial charge on any atom is -0.348 e. The third kappa shape index (κ3) is 3.09. The van der Waals surface area contributed by atoms with Crippen molar-refractivity contribution in [3.05, 3.63) is 42.0 Å². The zero-order chi connectivity index (χ0) is 14.8. The highest BCUT2D eigenvalue weighted by Crippen LogP contribution is 2.28. The summed E-state index contributed by atoms with van der Waals surface area (Å²) in [5.74, 6) is 0.243. The Bertz CT molecular complexity index is 618. The summed E-state index contributed by atoms with van der Waals surface area (Å²) in [7, 11) is 0. The van der Waals surface area contributed by atoms with E-state index in [1.165, 1.54) is 25.7 Å². The molecule has 1 saturated carbocycles. The van der Waals surface area contributed by atoms with Crippen molar-refractivity contribution in [2.24, 2.45) is 5.92 Å². The fraction of sp³-hybridized carbons (Fsp3) is 0.529. The molecular formula is C17H23N3O. The van der Waals surface area contributed by atoms with Crippen molar-refractivity contribution in [3.8, 4) is 0 Å². The molecule has 4 heteroatoms. The SMILES string of the molecule is CC(C)C(=O)c1ccn(Cc2ccn(C3CCCC3)n2)c1. The molecule has 21 heavy (non-hydrogen) atoms. The number of hydrogen-bond donors (Lipinski definition) is 0. The fourth-order valence-corrected chi connectivity index (χ4v) is 3.04. The molecule has 0 unspecified atom stereocenters. The van der Waals surface area contributed by atoms with Crippen LogP contribution in [0.15, 0.2) is 30.7 Å². The Morgan fingerprint density at radius 3 is 2.76 bits per heavy atom. The molecule has 0 atom stereocenters. The molecule has 2 aromatic heterocycles. The molecule has 1 aliphatic rings. The highest BCUT2D eigenvalue weighted by molar-refractivity contribution is 5.97. The zero-order valence-corrected chi connectivity index (χ0v) is 12.8. The van der Waals surface area contributed by atoms with Gasteiger partial charge in [0.15, 0.2) is 5.78 Å². The predicted molar refractivity (Wildman–Crippen MR) is 82.4 cm³/mol. The quantitative estimate of drug-likeness (QED) is 0.786. The fourth-order valence-electron chi connectivity index (χ4n) is 3.04.